The summed E-state index contributed by atoms with van der Waals surface area (Å²) < 4.78 is 86.6. The van der Waals surface area contributed by atoms with Crippen molar-refractivity contribution in [2.24, 2.45) is 0 Å². The van der Waals surface area contributed by atoms with E-state index in [2.05, 4.69) is 6.07 Å². The van der Waals surface area contributed by atoms with E-state index < -0.39 is 23.5 Å². The highest BCUT2D eigenvalue weighted by Crippen LogP contribution is 2.45. The molecule has 0 N–H and O–H groups in total. The average molecular weight is 863 g/mol. The Morgan fingerprint density at radius 3 is 1.37 bits per heavy atom. The van der Waals surface area contributed by atoms with Gasteiger partial charge in [-0.3, -0.25) is 0 Å². The van der Waals surface area contributed by atoms with Crippen molar-refractivity contribution in [2.75, 3.05) is 0 Å². The number of nitriles is 1. The van der Waals surface area contributed by atoms with Gasteiger partial charge in [0.1, 0.15) is 0 Å². The van der Waals surface area contributed by atoms with E-state index in [-0.39, 0.29) is 0 Å². The van der Waals surface area contributed by atoms with Gasteiger partial charge in [-0.1, -0.05) is 121 Å². The van der Waals surface area contributed by atoms with Crippen LogP contribution in [0.4, 0.5) is 26.3 Å². The van der Waals surface area contributed by atoms with E-state index in [0.717, 1.165) is 68.3 Å². The summed E-state index contributed by atoms with van der Waals surface area (Å²) >= 11 is 0. The number of para-hydroxylation sites is 1. The first-order valence-corrected chi connectivity index (χ1v) is 20.5. The molecule has 8 aromatic carbocycles. The van der Waals surface area contributed by atoms with Crippen LogP contribution in [0.1, 0.15) is 16.7 Å². The fraction of sp³-hybridized carbons (Fsp3) is 0.0364. The molecule has 10 heteroatoms. The fourth-order valence-electron chi connectivity index (χ4n) is 8.34. The zero-order valence-electron chi connectivity index (χ0n) is 34.0. The van der Waals surface area contributed by atoms with Gasteiger partial charge in [-0.25, -0.2) is 9.97 Å². The lowest BCUT2D eigenvalue weighted by Crippen LogP contribution is -2.06. The van der Waals surface area contributed by atoms with Crippen LogP contribution in [0.25, 0.3) is 94.8 Å². The summed E-state index contributed by atoms with van der Waals surface area (Å²) in [6.45, 7) is 0. The molecule has 0 aliphatic heterocycles. The summed E-state index contributed by atoms with van der Waals surface area (Å²) in [5.74, 6) is 0.298. The Bertz CT molecular complexity index is 3290. The first kappa shape index (κ1) is 40.8. The maximum Gasteiger partial charge on any atom is 0.416 e. The molecule has 314 valence electrons. The van der Waals surface area contributed by atoms with Gasteiger partial charge in [0, 0.05) is 38.6 Å². The number of alkyl halides is 6. The zero-order valence-corrected chi connectivity index (χ0v) is 34.0. The minimum Gasteiger partial charge on any atom is -0.308 e. The Balaban J connectivity index is 1.31. The van der Waals surface area contributed by atoms with Crippen molar-refractivity contribution in [3.8, 4) is 79.0 Å². The first-order chi connectivity index (χ1) is 31.4. The highest BCUT2D eigenvalue weighted by molar-refractivity contribution is 6.12. The first-order valence-electron chi connectivity index (χ1n) is 20.5. The Hall–Kier alpha value is -8.29. The summed E-state index contributed by atoms with van der Waals surface area (Å²) in [5.41, 5.74) is 7.82. The van der Waals surface area contributed by atoms with E-state index in [0.29, 0.717) is 56.3 Å². The predicted molar refractivity (Wildman–Crippen MR) is 244 cm³/mol. The largest absolute Gasteiger partial charge is 0.416 e. The Labute approximate surface area is 369 Å². The van der Waals surface area contributed by atoms with Gasteiger partial charge in [0.2, 0.25) is 0 Å². The van der Waals surface area contributed by atoms with Crippen molar-refractivity contribution < 1.29 is 26.3 Å². The van der Waals surface area contributed by atoms with Crippen molar-refractivity contribution in [1.82, 2.24) is 14.5 Å². The molecule has 10 aromatic rings. The summed E-state index contributed by atoms with van der Waals surface area (Å²) in [6.07, 6.45) is -9.21. The smallest absolute Gasteiger partial charge is 0.308 e. The van der Waals surface area contributed by atoms with Crippen LogP contribution in [-0.2, 0) is 12.4 Å². The number of aromatic nitrogens is 3. The third kappa shape index (κ3) is 7.78. The van der Waals surface area contributed by atoms with Gasteiger partial charge in [0.15, 0.2) is 5.82 Å². The number of benzene rings is 8. The third-order valence-corrected chi connectivity index (χ3v) is 11.5. The van der Waals surface area contributed by atoms with Gasteiger partial charge in [-0.2, -0.15) is 31.6 Å². The van der Waals surface area contributed by atoms with Crippen LogP contribution in [0.5, 0.6) is 0 Å². The molecule has 0 spiro atoms. The van der Waals surface area contributed by atoms with Gasteiger partial charge in [0.05, 0.1) is 50.9 Å². The van der Waals surface area contributed by atoms with E-state index in [1.54, 1.807) is 12.1 Å². The molecule has 2 aromatic heterocycles. The molecule has 0 unspecified atom stereocenters. The number of nitrogens with zero attached hydrogens (tertiary/aromatic N) is 4. The van der Waals surface area contributed by atoms with Crippen molar-refractivity contribution in [3.05, 3.63) is 211 Å². The zero-order chi connectivity index (χ0) is 44.9. The number of hydrogen-bond acceptors (Lipinski definition) is 3. The van der Waals surface area contributed by atoms with Crippen molar-refractivity contribution in [3.63, 3.8) is 0 Å². The van der Waals surface area contributed by atoms with Crippen LogP contribution in [0.15, 0.2) is 194 Å². The maximum absolute atomic E-state index is 14.1. The number of halogens is 6. The van der Waals surface area contributed by atoms with E-state index in [1.807, 2.05) is 138 Å². The molecule has 0 aliphatic carbocycles. The Kier molecular flexibility index (Phi) is 10.1. The van der Waals surface area contributed by atoms with E-state index in [1.165, 1.54) is 24.3 Å². The molecule has 0 aliphatic rings. The van der Waals surface area contributed by atoms with Crippen LogP contribution in [0.2, 0.25) is 0 Å². The van der Waals surface area contributed by atoms with E-state index in [9.17, 15) is 31.6 Å². The molecule has 0 atom stereocenters. The minimum absolute atomic E-state index is 0.298. The quantitative estimate of drug-likeness (QED) is 0.150. The standard InChI is InChI=1S/C55H32F6N4/c56-54(57,58)42-24-19-36(20-25-42)45-30-41(53-63-48(38-9-3-1-4-10-38)32-49(64-53)39-11-5-2-6-12-39)31-46(37-21-26-43(27-22-37)55(59,60)61)52(45)65-50-14-8-7-13-44(50)47-29-40(23-28-51(47)65)35-17-15-34(33-62)16-18-35/h1-32H. The summed E-state index contributed by atoms with van der Waals surface area (Å²) in [7, 11) is 0. The molecule has 65 heavy (non-hydrogen) atoms. The second-order valence-electron chi connectivity index (χ2n) is 15.5. The second-order valence-corrected chi connectivity index (χ2v) is 15.5. The molecular formula is C55H32F6N4. The molecule has 10 rings (SSSR count). The number of hydrogen-bond donors (Lipinski definition) is 0. The topological polar surface area (TPSA) is 54.5 Å². The lowest BCUT2D eigenvalue weighted by Gasteiger charge is -2.22. The lowest BCUT2D eigenvalue weighted by atomic mass is 9.91. The average Bonchev–Trinajstić information content (AvgIpc) is 3.67. The van der Waals surface area contributed by atoms with E-state index >= 15 is 0 Å². The Morgan fingerprint density at radius 1 is 0.400 bits per heavy atom. The maximum atomic E-state index is 14.1. The lowest BCUT2D eigenvalue weighted by molar-refractivity contribution is -0.138. The molecule has 0 radical (unpaired) electrons. The molecule has 0 fully saturated rings. The number of fused-ring (bicyclic) bond motifs is 3. The highest BCUT2D eigenvalue weighted by Gasteiger charge is 2.32. The monoisotopic (exact) mass is 862 g/mol. The summed E-state index contributed by atoms with van der Waals surface area (Å²) in [4.78, 5) is 10.1. The van der Waals surface area contributed by atoms with Gasteiger partial charge >= 0.3 is 12.4 Å². The van der Waals surface area contributed by atoms with Gasteiger partial charge in [-0.15, -0.1) is 0 Å². The minimum atomic E-state index is -4.60. The summed E-state index contributed by atoms with van der Waals surface area (Å²) in [6, 6.07) is 57.6. The van der Waals surface area contributed by atoms with Crippen LogP contribution < -0.4 is 0 Å². The van der Waals surface area contributed by atoms with E-state index in [4.69, 9.17) is 9.97 Å². The molecule has 0 amide bonds. The molecule has 2 heterocycles. The molecular weight excluding hydrogens is 831 g/mol. The fourth-order valence-corrected chi connectivity index (χ4v) is 8.34. The van der Waals surface area contributed by atoms with Gasteiger partial charge in [-0.05, 0) is 95.1 Å². The molecule has 0 bridgehead atoms. The van der Waals surface area contributed by atoms with Gasteiger partial charge in [0.25, 0.3) is 0 Å². The second kappa shape index (κ2) is 16.1. The van der Waals surface area contributed by atoms with Crippen molar-refractivity contribution in [1.29, 1.82) is 5.26 Å². The molecule has 0 saturated heterocycles. The third-order valence-electron chi connectivity index (χ3n) is 11.5. The normalized spacial score (nSPS) is 11.8. The van der Waals surface area contributed by atoms with Crippen LogP contribution in [0.3, 0.4) is 0 Å². The predicted octanol–water partition coefficient (Wildman–Crippen LogP) is 15.5. The SMILES string of the molecule is N#Cc1ccc(-c2ccc3c(c2)c2ccccc2n3-c2c(-c3ccc(C(F)(F)F)cc3)cc(-c3nc(-c4ccccc4)cc(-c4ccccc4)n3)cc2-c2ccc(C(F)(F)F)cc2)cc1. The number of rotatable bonds is 7. The van der Waals surface area contributed by atoms with Crippen LogP contribution in [0, 0.1) is 11.3 Å². The van der Waals surface area contributed by atoms with Crippen LogP contribution in [-0.4, -0.2) is 14.5 Å². The summed E-state index contributed by atoms with van der Waals surface area (Å²) in [5, 5.41) is 11.1. The Morgan fingerprint density at radius 2 is 0.862 bits per heavy atom. The van der Waals surface area contributed by atoms with Gasteiger partial charge < -0.3 is 4.57 Å². The van der Waals surface area contributed by atoms with Crippen LogP contribution >= 0.6 is 0 Å². The molecule has 4 nitrogen and oxygen atoms in total. The highest BCUT2D eigenvalue weighted by atomic mass is 19.4. The molecule has 0 saturated carbocycles. The van der Waals surface area contributed by atoms with Crippen molar-refractivity contribution in [2.45, 2.75) is 12.4 Å². The van der Waals surface area contributed by atoms with Crippen molar-refractivity contribution >= 4 is 21.8 Å².